The third-order valence-corrected chi connectivity index (χ3v) is 4.54. The Balaban J connectivity index is 1.53. The van der Waals surface area contributed by atoms with Crippen molar-refractivity contribution in [2.24, 2.45) is 5.92 Å². The van der Waals surface area contributed by atoms with E-state index in [1.54, 1.807) is 6.20 Å². The number of hydrogen-bond acceptors (Lipinski definition) is 2. The first-order valence-corrected chi connectivity index (χ1v) is 8.00. The molecule has 0 saturated carbocycles. The lowest BCUT2D eigenvalue weighted by Gasteiger charge is -2.19. The Morgan fingerprint density at radius 3 is 3.00 bits per heavy atom. The summed E-state index contributed by atoms with van der Waals surface area (Å²) in [6.45, 7) is 5.03. The van der Waals surface area contributed by atoms with Crippen LogP contribution in [0.15, 0.2) is 36.7 Å². The zero-order valence-corrected chi connectivity index (χ0v) is 13.2. The van der Waals surface area contributed by atoms with E-state index in [-0.39, 0.29) is 11.9 Å². The van der Waals surface area contributed by atoms with Gasteiger partial charge in [0.05, 0.1) is 6.04 Å². The van der Waals surface area contributed by atoms with Crippen molar-refractivity contribution in [1.82, 2.24) is 14.9 Å². The second kappa shape index (κ2) is 6.34. The van der Waals surface area contributed by atoms with Crippen LogP contribution in [0.1, 0.15) is 42.8 Å². The summed E-state index contributed by atoms with van der Waals surface area (Å²) in [5, 5.41) is 3.22. The molecule has 2 aromatic rings. The summed E-state index contributed by atoms with van der Waals surface area (Å²) in [5.74, 6) is 1.61. The van der Waals surface area contributed by atoms with E-state index in [0.717, 1.165) is 25.2 Å². The van der Waals surface area contributed by atoms with Crippen LogP contribution in [0.5, 0.6) is 0 Å². The first kappa shape index (κ1) is 14.8. The van der Waals surface area contributed by atoms with Crippen LogP contribution in [0.3, 0.4) is 0 Å². The highest BCUT2D eigenvalue weighted by atomic mass is 16.1. The second-order valence-corrected chi connectivity index (χ2v) is 6.20. The Kier molecular flexibility index (Phi) is 4.27. The maximum atomic E-state index is 12.2. The van der Waals surface area contributed by atoms with E-state index in [4.69, 9.17) is 0 Å². The minimum absolute atomic E-state index is 0.145. The average molecular weight is 297 g/mol. The van der Waals surface area contributed by atoms with Crippen LogP contribution in [-0.2, 0) is 17.8 Å². The van der Waals surface area contributed by atoms with Gasteiger partial charge < -0.3 is 9.88 Å². The van der Waals surface area contributed by atoms with Crippen molar-refractivity contribution < 1.29 is 4.79 Å². The highest BCUT2D eigenvalue weighted by molar-refractivity contribution is 5.76. The van der Waals surface area contributed by atoms with Gasteiger partial charge in [-0.2, -0.15) is 0 Å². The summed E-state index contributed by atoms with van der Waals surface area (Å²) in [5.41, 5.74) is 2.66. The Labute approximate surface area is 131 Å². The van der Waals surface area contributed by atoms with Gasteiger partial charge in [-0.3, -0.25) is 4.79 Å². The van der Waals surface area contributed by atoms with Crippen molar-refractivity contribution in [1.29, 1.82) is 0 Å². The molecule has 1 aromatic carbocycles. The first-order chi connectivity index (χ1) is 10.6. The van der Waals surface area contributed by atoms with Crippen LogP contribution in [0, 0.1) is 12.8 Å². The number of fused-ring (bicyclic) bond motifs is 1. The number of carbonyl (C=O) groups is 1. The summed E-state index contributed by atoms with van der Waals surface area (Å²) in [6.07, 6.45) is 6.21. The molecule has 0 unspecified atom stereocenters. The molecule has 0 saturated heterocycles. The summed E-state index contributed by atoms with van der Waals surface area (Å²) < 4.78 is 2.08. The van der Waals surface area contributed by atoms with Crippen molar-refractivity contribution >= 4 is 5.91 Å². The van der Waals surface area contributed by atoms with Gasteiger partial charge in [-0.05, 0) is 36.8 Å². The van der Waals surface area contributed by atoms with E-state index in [1.165, 1.54) is 11.1 Å². The lowest BCUT2D eigenvalue weighted by atomic mass is 10.0. The predicted molar refractivity (Wildman–Crippen MR) is 86.4 cm³/mol. The molecule has 1 aromatic heterocycles. The van der Waals surface area contributed by atoms with Crippen LogP contribution < -0.4 is 5.32 Å². The smallest absolute Gasteiger partial charge is 0.220 e. The normalized spacial score (nSPS) is 19.9. The van der Waals surface area contributed by atoms with Gasteiger partial charge in [0, 0.05) is 25.4 Å². The largest absolute Gasteiger partial charge is 0.349 e. The SMILES string of the molecule is Cc1nccn1CCCC(=O)N[C@H]1c2ccccc2C[C@@H]1C. The molecular formula is C18H23N3O. The van der Waals surface area contributed by atoms with Crippen LogP contribution in [0.2, 0.25) is 0 Å². The molecule has 116 valence electrons. The van der Waals surface area contributed by atoms with Gasteiger partial charge in [0.2, 0.25) is 5.91 Å². The molecule has 3 rings (SSSR count). The Morgan fingerprint density at radius 1 is 1.41 bits per heavy atom. The molecule has 0 bridgehead atoms. The van der Waals surface area contributed by atoms with E-state index in [0.29, 0.717) is 12.3 Å². The molecular weight excluding hydrogens is 274 g/mol. The molecule has 2 atom stereocenters. The van der Waals surface area contributed by atoms with Gasteiger partial charge in [-0.25, -0.2) is 4.98 Å². The molecule has 0 radical (unpaired) electrons. The lowest BCUT2D eigenvalue weighted by molar-refractivity contribution is -0.122. The number of nitrogens with one attached hydrogen (secondary N) is 1. The van der Waals surface area contributed by atoms with Gasteiger partial charge in [-0.1, -0.05) is 31.2 Å². The molecule has 1 aliphatic rings. The minimum atomic E-state index is 0.145. The fourth-order valence-electron chi connectivity index (χ4n) is 3.31. The molecule has 1 amide bonds. The zero-order valence-electron chi connectivity index (χ0n) is 13.2. The fourth-order valence-corrected chi connectivity index (χ4v) is 3.31. The predicted octanol–water partition coefficient (Wildman–Crippen LogP) is 3.02. The van der Waals surface area contributed by atoms with Gasteiger partial charge in [-0.15, -0.1) is 0 Å². The Hall–Kier alpha value is -2.10. The number of aromatic nitrogens is 2. The third-order valence-electron chi connectivity index (χ3n) is 4.54. The molecule has 1 aliphatic carbocycles. The maximum absolute atomic E-state index is 12.2. The number of benzene rings is 1. The van der Waals surface area contributed by atoms with Crippen LogP contribution in [-0.4, -0.2) is 15.5 Å². The zero-order chi connectivity index (χ0) is 15.5. The summed E-state index contributed by atoms with van der Waals surface area (Å²) in [4.78, 5) is 16.4. The van der Waals surface area contributed by atoms with Crippen LogP contribution >= 0.6 is 0 Å². The van der Waals surface area contributed by atoms with Crippen molar-refractivity contribution in [3.63, 3.8) is 0 Å². The number of nitrogens with zero attached hydrogens (tertiary/aromatic N) is 2. The lowest BCUT2D eigenvalue weighted by Crippen LogP contribution is -2.30. The van der Waals surface area contributed by atoms with E-state index in [2.05, 4.69) is 46.1 Å². The third kappa shape index (κ3) is 3.06. The molecule has 1 N–H and O–H groups in total. The van der Waals surface area contributed by atoms with Crippen molar-refractivity contribution in [3.8, 4) is 0 Å². The van der Waals surface area contributed by atoms with Crippen molar-refractivity contribution in [3.05, 3.63) is 53.6 Å². The van der Waals surface area contributed by atoms with E-state index in [1.807, 2.05) is 13.1 Å². The number of imidazole rings is 1. The number of aryl methyl sites for hydroxylation is 2. The minimum Gasteiger partial charge on any atom is -0.349 e. The van der Waals surface area contributed by atoms with E-state index in [9.17, 15) is 4.79 Å². The van der Waals surface area contributed by atoms with Crippen LogP contribution in [0.25, 0.3) is 0 Å². The molecule has 4 nitrogen and oxygen atoms in total. The molecule has 0 fully saturated rings. The molecule has 22 heavy (non-hydrogen) atoms. The molecule has 4 heteroatoms. The molecule has 1 heterocycles. The first-order valence-electron chi connectivity index (χ1n) is 8.00. The number of hydrogen-bond donors (Lipinski definition) is 1. The fraction of sp³-hybridized carbons (Fsp3) is 0.444. The summed E-state index contributed by atoms with van der Waals surface area (Å²) in [6, 6.07) is 8.60. The van der Waals surface area contributed by atoms with Crippen molar-refractivity contribution in [2.75, 3.05) is 0 Å². The number of amides is 1. The van der Waals surface area contributed by atoms with Gasteiger partial charge >= 0.3 is 0 Å². The van der Waals surface area contributed by atoms with Crippen LogP contribution in [0.4, 0.5) is 0 Å². The number of rotatable bonds is 5. The number of carbonyl (C=O) groups excluding carboxylic acids is 1. The standard InChI is InChI=1S/C18H23N3O/c1-13-12-15-6-3-4-7-16(15)18(13)20-17(22)8-5-10-21-11-9-19-14(21)2/h3-4,6-7,9,11,13,18H,5,8,10,12H2,1-2H3,(H,20,22)/t13-,18+/m0/s1. The van der Waals surface area contributed by atoms with Gasteiger partial charge in [0.25, 0.3) is 0 Å². The summed E-state index contributed by atoms with van der Waals surface area (Å²) >= 11 is 0. The highest BCUT2D eigenvalue weighted by Gasteiger charge is 2.29. The molecule has 0 aliphatic heterocycles. The quantitative estimate of drug-likeness (QED) is 0.922. The van der Waals surface area contributed by atoms with Gasteiger partial charge in [0.15, 0.2) is 0 Å². The summed E-state index contributed by atoms with van der Waals surface area (Å²) in [7, 11) is 0. The van der Waals surface area contributed by atoms with Crippen molar-refractivity contribution in [2.45, 2.75) is 45.7 Å². The maximum Gasteiger partial charge on any atom is 0.220 e. The second-order valence-electron chi connectivity index (χ2n) is 6.20. The van der Waals surface area contributed by atoms with E-state index >= 15 is 0 Å². The van der Waals surface area contributed by atoms with Gasteiger partial charge in [0.1, 0.15) is 5.82 Å². The topological polar surface area (TPSA) is 46.9 Å². The highest BCUT2D eigenvalue weighted by Crippen LogP contribution is 2.35. The Bertz CT molecular complexity index is 662. The average Bonchev–Trinajstić information content (AvgIpc) is 3.04. The monoisotopic (exact) mass is 297 g/mol. The Morgan fingerprint density at radius 2 is 2.23 bits per heavy atom. The van der Waals surface area contributed by atoms with E-state index < -0.39 is 0 Å². The molecule has 0 spiro atoms.